The van der Waals surface area contributed by atoms with E-state index in [1.807, 2.05) is 4.90 Å². The largest absolute Gasteiger partial charge is 0.449 e. The van der Waals surface area contributed by atoms with E-state index in [9.17, 15) is 4.79 Å². The predicted molar refractivity (Wildman–Crippen MR) is 59.9 cm³/mol. The summed E-state index contributed by atoms with van der Waals surface area (Å²) in [7, 11) is 0. The summed E-state index contributed by atoms with van der Waals surface area (Å²) in [6, 6.07) is 0.238. The number of hydrogen-bond donors (Lipinski definition) is 1. The fourth-order valence-corrected chi connectivity index (χ4v) is 1.67. The van der Waals surface area contributed by atoms with Gasteiger partial charge in [-0.25, -0.2) is 4.79 Å². The Hall–Kier alpha value is -0.770. The zero-order chi connectivity index (χ0) is 11.1. The molecule has 1 unspecified atom stereocenters. The molecule has 0 bridgehead atoms. The molecule has 0 aliphatic carbocycles. The summed E-state index contributed by atoms with van der Waals surface area (Å²) in [5.41, 5.74) is 0. The minimum Gasteiger partial charge on any atom is -0.449 e. The van der Waals surface area contributed by atoms with E-state index in [2.05, 4.69) is 19.2 Å². The van der Waals surface area contributed by atoms with Crippen LogP contribution >= 0.6 is 0 Å². The molecular formula is C11H22N2O2. The van der Waals surface area contributed by atoms with Crippen molar-refractivity contribution in [2.45, 2.75) is 39.2 Å². The summed E-state index contributed by atoms with van der Waals surface area (Å²) in [6.07, 6.45) is 2.86. The van der Waals surface area contributed by atoms with Gasteiger partial charge < -0.3 is 15.0 Å². The van der Waals surface area contributed by atoms with Crippen LogP contribution < -0.4 is 5.32 Å². The number of ether oxygens (including phenoxy) is 1. The molecule has 15 heavy (non-hydrogen) atoms. The van der Waals surface area contributed by atoms with Gasteiger partial charge in [-0.1, -0.05) is 13.3 Å². The van der Waals surface area contributed by atoms with Crippen molar-refractivity contribution in [3.63, 3.8) is 0 Å². The Morgan fingerprint density at radius 1 is 1.60 bits per heavy atom. The van der Waals surface area contributed by atoms with Crippen molar-refractivity contribution in [2.75, 3.05) is 26.2 Å². The van der Waals surface area contributed by atoms with Crippen molar-refractivity contribution in [2.24, 2.45) is 0 Å². The van der Waals surface area contributed by atoms with Crippen LogP contribution in [0.2, 0.25) is 0 Å². The molecule has 0 saturated carbocycles. The quantitative estimate of drug-likeness (QED) is 0.726. The number of amides is 1. The summed E-state index contributed by atoms with van der Waals surface area (Å²) in [5.74, 6) is 0. The molecule has 0 aromatic rings. The molecule has 1 amide bonds. The molecule has 0 spiro atoms. The maximum atomic E-state index is 11.7. The molecule has 1 aliphatic rings. The van der Waals surface area contributed by atoms with E-state index in [1.165, 1.54) is 0 Å². The molecular weight excluding hydrogens is 192 g/mol. The fraction of sp³-hybridized carbons (Fsp3) is 0.909. The van der Waals surface area contributed by atoms with E-state index in [4.69, 9.17) is 4.74 Å². The normalized spacial score (nSPS) is 22.3. The smallest absolute Gasteiger partial charge is 0.410 e. The summed E-state index contributed by atoms with van der Waals surface area (Å²) < 4.78 is 5.21. The van der Waals surface area contributed by atoms with Crippen LogP contribution in [-0.2, 0) is 4.74 Å². The van der Waals surface area contributed by atoms with E-state index < -0.39 is 0 Å². The van der Waals surface area contributed by atoms with E-state index in [1.54, 1.807) is 0 Å². The standard InChI is InChI=1S/C11H22N2O2/c1-3-4-8-15-11(14)13-7-5-6-12-9-10(13)2/h10,12H,3-9H2,1-2H3. The number of nitrogens with zero attached hydrogens (tertiary/aromatic N) is 1. The minimum atomic E-state index is -0.153. The average molecular weight is 214 g/mol. The van der Waals surface area contributed by atoms with Gasteiger partial charge in [0.15, 0.2) is 0 Å². The van der Waals surface area contributed by atoms with Crippen LogP contribution in [0.5, 0.6) is 0 Å². The second kappa shape index (κ2) is 6.67. The third-order valence-electron chi connectivity index (χ3n) is 2.68. The number of rotatable bonds is 3. The number of hydrogen-bond acceptors (Lipinski definition) is 3. The topological polar surface area (TPSA) is 41.6 Å². The lowest BCUT2D eigenvalue weighted by Crippen LogP contribution is -2.42. The van der Waals surface area contributed by atoms with Gasteiger partial charge in [0, 0.05) is 19.1 Å². The van der Waals surface area contributed by atoms with Gasteiger partial charge in [0.2, 0.25) is 0 Å². The summed E-state index contributed by atoms with van der Waals surface area (Å²) in [5, 5.41) is 3.30. The number of nitrogens with one attached hydrogen (secondary N) is 1. The Labute approximate surface area is 92.0 Å². The first-order chi connectivity index (χ1) is 7.25. The van der Waals surface area contributed by atoms with Crippen molar-refractivity contribution in [3.8, 4) is 0 Å². The van der Waals surface area contributed by atoms with Crippen molar-refractivity contribution >= 4 is 6.09 Å². The van der Waals surface area contributed by atoms with Gasteiger partial charge in [-0.2, -0.15) is 0 Å². The van der Waals surface area contributed by atoms with Gasteiger partial charge in [0.25, 0.3) is 0 Å². The molecule has 0 aromatic heterocycles. The third-order valence-corrected chi connectivity index (χ3v) is 2.68. The van der Waals surface area contributed by atoms with Crippen LogP contribution in [0.15, 0.2) is 0 Å². The zero-order valence-electron chi connectivity index (χ0n) is 9.79. The second-order valence-electron chi connectivity index (χ2n) is 4.07. The van der Waals surface area contributed by atoms with E-state index in [0.29, 0.717) is 6.61 Å². The number of unbranched alkanes of at least 4 members (excludes halogenated alkanes) is 1. The first kappa shape index (κ1) is 12.3. The highest BCUT2D eigenvalue weighted by Gasteiger charge is 2.22. The number of carbonyl (C=O) groups is 1. The van der Waals surface area contributed by atoms with Crippen molar-refractivity contribution in [3.05, 3.63) is 0 Å². The second-order valence-corrected chi connectivity index (χ2v) is 4.07. The summed E-state index contributed by atoms with van der Waals surface area (Å²) in [4.78, 5) is 13.5. The number of carbonyl (C=O) groups excluding carboxylic acids is 1. The molecule has 1 N–H and O–H groups in total. The molecule has 0 radical (unpaired) electrons. The molecule has 1 fully saturated rings. The average Bonchev–Trinajstić information content (AvgIpc) is 2.43. The lowest BCUT2D eigenvalue weighted by molar-refractivity contribution is 0.0907. The third kappa shape index (κ3) is 4.08. The van der Waals surface area contributed by atoms with Gasteiger partial charge in [-0.3, -0.25) is 0 Å². The van der Waals surface area contributed by atoms with E-state index in [-0.39, 0.29) is 12.1 Å². The van der Waals surface area contributed by atoms with Crippen LogP contribution in [-0.4, -0.2) is 43.3 Å². The van der Waals surface area contributed by atoms with Crippen LogP contribution in [0.25, 0.3) is 0 Å². The van der Waals surface area contributed by atoms with E-state index >= 15 is 0 Å². The SMILES string of the molecule is CCCCOC(=O)N1CCCNCC1C. The van der Waals surface area contributed by atoms with Crippen LogP contribution in [0.3, 0.4) is 0 Å². The Morgan fingerprint density at radius 2 is 2.40 bits per heavy atom. The monoisotopic (exact) mass is 214 g/mol. The maximum Gasteiger partial charge on any atom is 0.410 e. The summed E-state index contributed by atoms with van der Waals surface area (Å²) >= 11 is 0. The molecule has 4 nitrogen and oxygen atoms in total. The zero-order valence-corrected chi connectivity index (χ0v) is 9.79. The minimum absolute atomic E-state index is 0.153. The molecule has 88 valence electrons. The maximum absolute atomic E-state index is 11.7. The van der Waals surface area contributed by atoms with Crippen LogP contribution in [0.1, 0.15) is 33.1 Å². The Balaban J connectivity index is 2.34. The van der Waals surface area contributed by atoms with Crippen molar-refractivity contribution < 1.29 is 9.53 Å². The highest BCUT2D eigenvalue weighted by atomic mass is 16.6. The van der Waals surface area contributed by atoms with E-state index in [0.717, 1.165) is 38.9 Å². The Bertz CT molecular complexity index is 197. The Kier molecular flexibility index (Phi) is 5.47. The summed E-state index contributed by atoms with van der Waals surface area (Å²) in [6.45, 7) is 7.35. The van der Waals surface area contributed by atoms with Crippen LogP contribution in [0, 0.1) is 0 Å². The van der Waals surface area contributed by atoms with Gasteiger partial charge in [0.1, 0.15) is 0 Å². The molecule has 4 heteroatoms. The van der Waals surface area contributed by atoms with Gasteiger partial charge >= 0.3 is 6.09 Å². The van der Waals surface area contributed by atoms with Crippen LogP contribution in [0.4, 0.5) is 4.79 Å². The highest BCUT2D eigenvalue weighted by Crippen LogP contribution is 2.06. The fourth-order valence-electron chi connectivity index (χ4n) is 1.67. The molecule has 1 saturated heterocycles. The molecule has 1 rings (SSSR count). The van der Waals surface area contributed by atoms with Gasteiger partial charge in [-0.05, 0) is 26.3 Å². The molecule has 1 aliphatic heterocycles. The van der Waals surface area contributed by atoms with Gasteiger partial charge in [-0.15, -0.1) is 0 Å². The van der Waals surface area contributed by atoms with Crippen molar-refractivity contribution in [1.82, 2.24) is 10.2 Å². The van der Waals surface area contributed by atoms with Gasteiger partial charge in [0.05, 0.1) is 6.61 Å². The first-order valence-electron chi connectivity index (χ1n) is 5.89. The first-order valence-corrected chi connectivity index (χ1v) is 5.89. The predicted octanol–water partition coefficient (Wildman–Crippen LogP) is 1.61. The Morgan fingerprint density at radius 3 is 3.13 bits per heavy atom. The lowest BCUT2D eigenvalue weighted by Gasteiger charge is -2.25. The highest BCUT2D eigenvalue weighted by molar-refractivity contribution is 5.68. The lowest BCUT2D eigenvalue weighted by atomic mass is 10.3. The molecule has 0 aromatic carbocycles. The molecule has 1 heterocycles. The molecule has 1 atom stereocenters. The van der Waals surface area contributed by atoms with Crippen molar-refractivity contribution in [1.29, 1.82) is 0 Å².